The van der Waals surface area contributed by atoms with Crippen LogP contribution in [0.15, 0.2) is 58.9 Å². The van der Waals surface area contributed by atoms with Gasteiger partial charge in [0.15, 0.2) is 4.34 Å². The Balaban J connectivity index is 1.60. The van der Waals surface area contributed by atoms with E-state index in [1.54, 1.807) is 0 Å². The van der Waals surface area contributed by atoms with Gasteiger partial charge in [-0.2, -0.15) is 0 Å². The number of hydrogen-bond acceptors (Lipinski definition) is 6. The number of para-hydroxylation sites is 2. The van der Waals surface area contributed by atoms with Crippen LogP contribution in [-0.4, -0.2) is 21.4 Å². The zero-order valence-corrected chi connectivity index (χ0v) is 17.1. The maximum absolute atomic E-state index is 12.6. The summed E-state index contributed by atoms with van der Waals surface area (Å²) in [6.45, 7) is 6.11. The normalized spacial score (nSPS) is 12.0. The minimum Gasteiger partial charge on any atom is -0.330 e. The minimum absolute atomic E-state index is 0.0409. The lowest BCUT2D eigenvalue weighted by molar-refractivity contribution is -0.115. The fraction of sp³-hybridized carbons (Fsp3) is 0.250. The maximum atomic E-state index is 12.6. The largest absolute Gasteiger partial charge is 0.330 e. The number of nitrogens with one attached hydrogen (secondary N) is 2. The van der Waals surface area contributed by atoms with Crippen LogP contribution in [0.4, 0.5) is 16.5 Å². The highest BCUT2D eigenvalue weighted by atomic mass is 32.2. The molecular formula is C20H22N4OS2. The molecule has 3 rings (SSSR count). The number of thioether (sulfide) groups is 1. The van der Waals surface area contributed by atoms with Crippen LogP contribution in [0, 0.1) is 0 Å². The summed E-state index contributed by atoms with van der Waals surface area (Å²) in [5.41, 5.74) is 2.96. The number of carbonyl (C=O) groups excluding carboxylic acids is 1. The van der Waals surface area contributed by atoms with Crippen molar-refractivity contribution in [2.75, 3.05) is 10.6 Å². The molecule has 0 spiro atoms. The van der Waals surface area contributed by atoms with Gasteiger partial charge in [-0.05, 0) is 36.6 Å². The Labute approximate surface area is 167 Å². The second-order valence-corrected chi connectivity index (χ2v) is 8.92. The highest BCUT2D eigenvalue weighted by Crippen LogP contribution is 2.31. The molecule has 3 aromatic rings. The molecule has 1 heterocycles. The third kappa shape index (κ3) is 5.30. The van der Waals surface area contributed by atoms with Crippen molar-refractivity contribution in [3.8, 4) is 0 Å². The van der Waals surface area contributed by atoms with Crippen LogP contribution in [0.1, 0.15) is 32.3 Å². The van der Waals surface area contributed by atoms with Crippen molar-refractivity contribution < 1.29 is 4.79 Å². The topological polar surface area (TPSA) is 66.9 Å². The van der Waals surface area contributed by atoms with Crippen LogP contribution < -0.4 is 10.6 Å². The van der Waals surface area contributed by atoms with Crippen molar-refractivity contribution in [3.63, 3.8) is 0 Å². The van der Waals surface area contributed by atoms with Crippen LogP contribution in [-0.2, 0) is 4.79 Å². The highest BCUT2D eigenvalue weighted by Gasteiger charge is 2.19. The molecular weight excluding hydrogens is 376 g/mol. The Morgan fingerprint density at radius 1 is 1.00 bits per heavy atom. The van der Waals surface area contributed by atoms with E-state index < -0.39 is 0 Å². The van der Waals surface area contributed by atoms with E-state index in [-0.39, 0.29) is 11.2 Å². The van der Waals surface area contributed by atoms with Crippen molar-refractivity contribution in [2.24, 2.45) is 0 Å². The first-order chi connectivity index (χ1) is 13.0. The lowest BCUT2D eigenvalue weighted by Crippen LogP contribution is -2.23. The molecule has 1 amide bonds. The van der Waals surface area contributed by atoms with Gasteiger partial charge in [-0.3, -0.25) is 4.79 Å². The Bertz CT molecular complexity index is 896. The quantitative estimate of drug-likeness (QED) is 0.513. The van der Waals surface area contributed by atoms with E-state index in [9.17, 15) is 4.79 Å². The van der Waals surface area contributed by atoms with Crippen molar-refractivity contribution in [3.05, 3.63) is 60.2 Å². The smallest absolute Gasteiger partial charge is 0.237 e. The molecule has 0 saturated heterocycles. The SMILES string of the molecule is CC(Sc1nnc(Nc2ccccc2)s1)C(=O)Nc1ccccc1C(C)C. The third-order valence-electron chi connectivity index (χ3n) is 3.92. The molecule has 1 aromatic heterocycles. The van der Waals surface area contributed by atoms with Crippen molar-refractivity contribution in [2.45, 2.75) is 36.3 Å². The number of aromatic nitrogens is 2. The molecule has 7 heteroatoms. The fourth-order valence-electron chi connectivity index (χ4n) is 2.51. The van der Waals surface area contributed by atoms with E-state index in [1.807, 2.05) is 61.5 Å². The molecule has 0 aliphatic carbocycles. The van der Waals surface area contributed by atoms with Crippen LogP contribution in [0.3, 0.4) is 0 Å². The standard InChI is InChI=1S/C20H22N4OS2/c1-13(2)16-11-7-8-12-17(16)22-18(25)14(3)26-20-24-23-19(27-20)21-15-9-5-4-6-10-15/h4-14H,1-3H3,(H,21,23)(H,22,25). The van der Waals surface area contributed by atoms with Gasteiger partial charge in [0.25, 0.3) is 0 Å². The molecule has 0 fully saturated rings. The fourth-order valence-corrected chi connectivity index (χ4v) is 4.42. The van der Waals surface area contributed by atoms with Gasteiger partial charge < -0.3 is 10.6 Å². The Hall–Kier alpha value is -2.38. The molecule has 1 unspecified atom stereocenters. The summed E-state index contributed by atoms with van der Waals surface area (Å²) in [7, 11) is 0. The van der Waals surface area contributed by atoms with E-state index in [0.717, 1.165) is 21.3 Å². The molecule has 2 aromatic carbocycles. The predicted octanol–water partition coefficient (Wildman–Crippen LogP) is 5.52. The summed E-state index contributed by atoms with van der Waals surface area (Å²) in [5.74, 6) is 0.306. The van der Waals surface area contributed by atoms with Crippen LogP contribution >= 0.6 is 23.1 Å². The Morgan fingerprint density at radius 3 is 2.44 bits per heavy atom. The highest BCUT2D eigenvalue weighted by molar-refractivity contribution is 8.02. The summed E-state index contributed by atoms with van der Waals surface area (Å²) in [4.78, 5) is 12.6. The number of amides is 1. The van der Waals surface area contributed by atoms with Crippen molar-refractivity contribution >= 4 is 45.5 Å². The minimum atomic E-state index is -0.275. The van der Waals surface area contributed by atoms with Gasteiger partial charge in [-0.1, -0.05) is 73.3 Å². The van der Waals surface area contributed by atoms with Crippen LogP contribution in [0.25, 0.3) is 0 Å². The zero-order chi connectivity index (χ0) is 19.2. The van der Waals surface area contributed by atoms with E-state index in [4.69, 9.17) is 0 Å². The monoisotopic (exact) mass is 398 g/mol. The second-order valence-electron chi connectivity index (χ2n) is 6.36. The number of carbonyl (C=O) groups is 1. The Kier molecular flexibility index (Phi) is 6.47. The molecule has 0 bridgehead atoms. The Morgan fingerprint density at radius 2 is 1.70 bits per heavy atom. The van der Waals surface area contributed by atoms with Gasteiger partial charge in [-0.15, -0.1) is 10.2 Å². The van der Waals surface area contributed by atoms with Crippen molar-refractivity contribution in [1.29, 1.82) is 0 Å². The summed E-state index contributed by atoms with van der Waals surface area (Å²) < 4.78 is 0.758. The number of anilines is 3. The number of benzene rings is 2. The van der Waals surface area contributed by atoms with Gasteiger partial charge in [0.2, 0.25) is 11.0 Å². The van der Waals surface area contributed by atoms with Gasteiger partial charge in [-0.25, -0.2) is 0 Å². The summed E-state index contributed by atoms with van der Waals surface area (Å²) in [6, 6.07) is 17.7. The molecule has 1 atom stereocenters. The molecule has 0 saturated carbocycles. The van der Waals surface area contributed by atoms with E-state index in [2.05, 4.69) is 34.7 Å². The summed E-state index contributed by atoms with van der Waals surface area (Å²) in [5, 5.41) is 15.0. The first-order valence-corrected chi connectivity index (χ1v) is 10.4. The first kappa shape index (κ1) is 19.4. The van der Waals surface area contributed by atoms with Gasteiger partial charge in [0.05, 0.1) is 5.25 Å². The van der Waals surface area contributed by atoms with Gasteiger partial charge >= 0.3 is 0 Å². The summed E-state index contributed by atoms with van der Waals surface area (Å²) >= 11 is 2.85. The molecule has 5 nitrogen and oxygen atoms in total. The molecule has 27 heavy (non-hydrogen) atoms. The maximum Gasteiger partial charge on any atom is 0.237 e. The van der Waals surface area contributed by atoms with Crippen LogP contribution in [0.5, 0.6) is 0 Å². The van der Waals surface area contributed by atoms with E-state index in [1.165, 1.54) is 23.1 Å². The van der Waals surface area contributed by atoms with Gasteiger partial charge in [0.1, 0.15) is 0 Å². The number of hydrogen-bond donors (Lipinski definition) is 2. The van der Waals surface area contributed by atoms with Crippen molar-refractivity contribution in [1.82, 2.24) is 10.2 Å². The van der Waals surface area contributed by atoms with E-state index in [0.29, 0.717) is 11.0 Å². The molecule has 2 N–H and O–H groups in total. The number of rotatable bonds is 7. The lowest BCUT2D eigenvalue weighted by atomic mass is 10.0. The third-order valence-corrected chi connectivity index (χ3v) is 5.94. The summed E-state index contributed by atoms with van der Waals surface area (Å²) in [6.07, 6.45) is 0. The molecule has 0 radical (unpaired) electrons. The molecule has 0 aliphatic rings. The van der Waals surface area contributed by atoms with Crippen LogP contribution in [0.2, 0.25) is 0 Å². The molecule has 140 valence electrons. The first-order valence-electron chi connectivity index (χ1n) is 8.75. The zero-order valence-electron chi connectivity index (χ0n) is 15.5. The molecule has 0 aliphatic heterocycles. The average molecular weight is 399 g/mol. The average Bonchev–Trinajstić information content (AvgIpc) is 3.09. The second kappa shape index (κ2) is 9.01. The van der Waals surface area contributed by atoms with Gasteiger partial charge in [0, 0.05) is 11.4 Å². The lowest BCUT2D eigenvalue weighted by Gasteiger charge is -2.15. The number of nitrogens with zero attached hydrogens (tertiary/aromatic N) is 2. The predicted molar refractivity (Wildman–Crippen MR) is 114 cm³/mol. The van der Waals surface area contributed by atoms with E-state index >= 15 is 0 Å².